The summed E-state index contributed by atoms with van der Waals surface area (Å²) in [4.78, 5) is 27.7. The highest BCUT2D eigenvalue weighted by atomic mass is 16.5. The number of ether oxygens (including phenoxy) is 2. The topological polar surface area (TPSA) is 76.1 Å². The van der Waals surface area contributed by atoms with E-state index in [0.717, 1.165) is 5.56 Å². The van der Waals surface area contributed by atoms with Crippen molar-refractivity contribution in [2.45, 2.75) is 39.8 Å². The fourth-order valence-corrected chi connectivity index (χ4v) is 3.89. The number of para-hydroxylation sites is 1. The van der Waals surface area contributed by atoms with Crippen LogP contribution in [0, 0.1) is 5.92 Å². The number of hydrogen-bond donors (Lipinski definition) is 1. The molecule has 0 aliphatic carbocycles. The summed E-state index contributed by atoms with van der Waals surface area (Å²) in [5.74, 6) is 0.110. The van der Waals surface area contributed by atoms with E-state index in [1.54, 1.807) is 7.11 Å². The number of aliphatic hydroxyl groups is 1. The Morgan fingerprint density at radius 3 is 2.58 bits per heavy atom. The van der Waals surface area contributed by atoms with E-state index >= 15 is 0 Å². The number of amides is 1. The van der Waals surface area contributed by atoms with E-state index in [1.165, 1.54) is 4.90 Å². The summed E-state index contributed by atoms with van der Waals surface area (Å²) in [6, 6.07) is 14.0. The van der Waals surface area contributed by atoms with Crippen LogP contribution in [0.25, 0.3) is 0 Å². The van der Waals surface area contributed by atoms with Gasteiger partial charge in [-0.15, -0.1) is 0 Å². The van der Waals surface area contributed by atoms with Gasteiger partial charge in [-0.1, -0.05) is 44.2 Å². The van der Waals surface area contributed by atoms with Crippen LogP contribution >= 0.6 is 0 Å². The van der Waals surface area contributed by atoms with Crippen molar-refractivity contribution in [3.05, 3.63) is 71.0 Å². The normalized spacial score (nSPS) is 16.2. The minimum absolute atomic E-state index is 0.0987. The third-order valence-corrected chi connectivity index (χ3v) is 5.22. The van der Waals surface area contributed by atoms with Crippen LogP contribution < -0.4 is 9.47 Å². The summed E-state index contributed by atoms with van der Waals surface area (Å²) in [5.41, 5.74) is 1.64. The van der Waals surface area contributed by atoms with Crippen molar-refractivity contribution in [2.24, 2.45) is 5.92 Å². The average molecular weight is 424 g/mol. The third-order valence-electron chi connectivity index (χ3n) is 5.22. The van der Waals surface area contributed by atoms with Gasteiger partial charge in [0.05, 0.1) is 31.9 Å². The maximum Gasteiger partial charge on any atom is 0.290 e. The Morgan fingerprint density at radius 1 is 1.16 bits per heavy atom. The second-order valence-electron chi connectivity index (χ2n) is 7.94. The Labute approximate surface area is 183 Å². The van der Waals surface area contributed by atoms with Gasteiger partial charge < -0.3 is 19.5 Å². The lowest BCUT2D eigenvalue weighted by Crippen LogP contribution is -2.31. The fourth-order valence-electron chi connectivity index (χ4n) is 3.89. The van der Waals surface area contributed by atoms with Gasteiger partial charge in [-0.25, -0.2) is 0 Å². The minimum Gasteiger partial charge on any atom is -0.503 e. The first kappa shape index (κ1) is 22.4. The van der Waals surface area contributed by atoms with E-state index in [2.05, 4.69) is 0 Å². The predicted octanol–water partition coefficient (Wildman–Crippen LogP) is 4.60. The largest absolute Gasteiger partial charge is 0.503 e. The molecule has 6 heteroatoms. The summed E-state index contributed by atoms with van der Waals surface area (Å²) in [6.45, 7) is 6.45. The van der Waals surface area contributed by atoms with Gasteiger partial charge in [0.25, 0.3) is 5.91 Å². The van der Waals surface area contributed by atoms with Crippen molar-refractivity contribution in [3.8, 4) is 11.5 Å². The molecule has 0 spiro atoms. The van der Waals surface area contributed by atoms with Gasteiger partial charge in [-0.3, -0.25) is 9.59 Å². The van der Waals surface area contributed by atoms with Crippen molar-refractivity contribution in [2.75, 3.05) is 13.7 Å². The maximum absolute atomic E-state index is 13.1. The lowest BCUT2D eigenvalue weighted by molar-refractivity contribution is -0.130. The summed E-state index contributed by atoms with van der Waals surface area (Å²) in [5, 5.41) is 10.7. The zero-order valence-electron chi connectivity index (χ0n) is 18.4. The van der Waals surface area contributed by atoms with Crippen LogP contribution in [0.2, 0.25) is 0 Å². The standard InChI is InChI=1S/C25H29NO5/c1-5-31-19-11-8-10-17(14-19)23-22(20(27)13-16(2)3)24(28)25(29)26(23)15-18-9-6-7-12-21(18)30-4/h6-12,14,16,23,28H,5,13,15H2,1-4H3. The van der Waals surface area contributed by atoms with E-state index in [4.69, 9.17) is 9.47 Å². The van der Waals surface area contributed by atoms with Gasteiger partial charge in [0.15, 0.2) is 11.5 Å². The van der Waals surface area contributed by atoms with E-state index in [-0.39, 0.29) is 30.2 Å². The number of ketones is 1. The van der Waals surface area contributed by atoms with Gasteiger partial charge in [-0.05, 0) is 36.6 Å². The molecule has 1 N–H and O–H groups in total. The lowest BCUT2D eigenvalue weighted by atomic mass is 9.92. The van der Waals surface area contributed by atoms with Crippen molar-refractivity contribution in [1.82, 2.24) is 4.90 Å². The Kier molecular flexibility index (Phi) is 7.00. The smallest absolute Gasteiger partial charge is 0.290 e. The molecular formula is C25H29NO5. The first-order valence-corrected chi connectivity index (χ1v) is 10.5. The number of benzene rings is 2. The van der Waals surface area contributed by atoms with Crippen LogP contribution in [0.1, 0.15) is 44.4 Å². The highest BCUT2D eigenvalue weighted by molar-refractivity contribution is 6.09. The molecule has 1 amide bonds. The van der Waals surface area contributed by atoms with E-state index < -0.39 is 17.7 Å². The van der Waals surface area contributed by atoms with E-state index in [1.807, 2.05) is 69.3 Å². The van der Waals surface area contributed by atoms with Crippen LogP contribution in [0.3, 0.4) is 0 Å². The quantitative estimate of drug-likeness (QED) is 0.638. The van der Waals surface area contributed by atoms with Crippen LogP contribution in [-0.2, 0) is 16.1 Å². The molecule has 0 fully saturated rings. The average Bonchev–Trinajstić information content (AvgIpc) is 2.99. The minimum atomic E-state index is -0.705. The molecule has 3 rings (SSSR count). The second-order valence-corrected chi connectivity index (χ2v) is 7.94. The molecule has 1 aliphatic rings. The Hall–Kier alpha value is -3.28. The molecule has 0 radical (unpaired) electrons. The van der Waals surface area contributed by atoms with E-state index in [9.17, 15) is 14.7 Å². The molecule has 31 heavy (non-hydrogen) atoms. The summed E-state index contributed by atoms with van der Waals surface area (Å²) in [6.07, 6.45) is 0.247. The van der Waals surface area contributed by atoms with Gasteiger partial charge in [0, 0.05) is 12.0 Å². The number of carbonyl (C=O) groups is 2. The van der Waals surface area contributed by atoms with Gasteiger partial charge in [0.2, 0.25) is 0 Å². The van der Waals surface area contributed by atoms with Crippen LogP contribution in [0.15, 0.2) is 59.9 Å². The highest BCUT2D eigenvalue weighted by Gasteiger charge is 2.43. The first-order chi connectivity index (χ1) is 14.9. The molecular weight excluding hydrogens is 394 g/mol. The number of rotatable bonds is 9. The fraction of sp³-hybridized carbons (Fsp3) is 0.360. The van der Waals surface area contributed by atoms with Crippen molar-refractivity contribution in [1.29, 1.82) is 0 Å². The third kappa shape index (κ3) is 4.74. The zero-order chi connectivity index (χ0) is 22.5. The Bertz CT molecular complexity index is 995. The highest BCUT2D eigenvalue weighted by Crippen LogP contribution is 2.41. The van der Waals surface area contributed by atoms with E-state index in [0.29, 0.717) is 23.7 Å². The summed E-state index contributed by atoms with van der Waals surface area (Å²) in [7, 11) is 1.57. The molecule has 164 valence electrons. The van der Waals surface area contributed by atoms with Crippen LogP contribution in [0.4, 0.5) is 0 Å². The molecule has 6 nitrogen and oxygen atoms in total. The molecule has 2 aromatic carbocycles. The van der Waals surface area contributed by atoms with Gasteiger partial charge in [0.1, 0.15) is 11.5 Å². The predicted molar refractivity (Wildman–Crippen MR) is 118 cm³/mol. The van der Waals surface area contributed by atoms with Crippen molar-refractivity contribution < 1.29 is 24.2 Å². The lowest BCUT2D eigenvalue weighted by Gasteiger charge is -2.28. The molecule has 2 aromatic rings. The molecule has 1 heterocycles. The monoisotopic (exact) mass is 423 g/mol. The Balaban J connectivity index is 2.08. The Morgan fingerprint density at radius 2 is 1.90 bits per heavy atom. The SMILES string of the molecule is CCOc1cccc(C2C(C(=O)CC(C)C)=C(O)C(=O)N2Cc2ccccc2OC)c1. The number of aliphatic hydroxyl groups excluding tert-OH is 1. The molecule has 0 saturated carbocycles. The zero-order valence-corrected chi connectivity index (χ0v) is 18.4. The number of nitrogens with zero attached hydrogens (tertiary/aromatic N) is 1. The number of hydrogen-bond acceptors (Lipinski definition) is 5. The molecule has 1 atom stereocenters. The summed E-state index contributed by atoms with van der Waals surface area (Å²) < 4.78 is 11.1. The number of carbonyl (C=O) groups excluding carboxylic acids is 2. The van der Waals surface area contributed by atoms with Gasteiger partial charge in [-0.2, -0.15) is 0 Å². The van der Waals surface area contributed by atoms with Crippen LogP contribution in [-0.4, -0.2) is 35.4 Å². The van der Waals surface area contributed by atoms with Crippen molar-refractivity contribution >= 4 is 11.7 Å². The summed E-state index contributed by atoms with van der Waals surface area (Å²) >= 11 is 0. The molecule has 1 unspecified atom stereocenters. The molecule has 1 aliphatic heterocycles. The maximum atomic E-state index is 13.1. The molecule has 0 aromatic heterocycles. The second kappa shape index (κ2) is 9.69. The van der Waals surface area contributed by atoms with Gasteiger partial charge >= 0.3 is 0 Å². The van der Waals surface area contributed by atoms with Crippen LogP contribution in [0.5, 0.6) is 11.5 Å². The number of methoxy groups -OCH3 is 1. The molecule has 0 saturated heterocycles. The van der Waals surface area contributed by atoms with Crippen molar-refractivity contribution in [3.63, 3.8) is 0 Å². The first-order valence-electron chi connectivity index (χ1n) is 10.5. The molecule has 0 bridgehead atoms. The number of Topliss-reactive ketones (excluding diaryl/α,β-unsaturated/α-hetero) is 1.